The minimum absolute atomic E-state index is 0.792. The molecule has 2 heteroatoms. The molecule has 2 nitrogen and oxygen atoms in total. The smallest absolute Gasteiger partial charge is 0.0233 e. The zero-order valence-electron chi connectivity index (χ0n) is 12.1. The quantitative estimate of drug-likeness (QED) is 0.896. The molecule has 2 aliphatic heterocycles. The molecular weight excluding hydrogens is 232 g/mol. The van der Waals surface area contributed by atoms with Crippen LogP contribution in [0.1, 0.15) is 36.8 Å². The van der Waals surface area contributed by atoms with Crippen LogP contribution in [0.3, 0.4) is 0 Å². The van der Waals surface area contributed by atoms with Crippen LogP contribution in [-0.2, 0) is 6.54 Å². The number of benzene rings is 1. The molecule has 1 N–H and O–H groups in total. The summed E-state index contributed by atoms with van der Waals surface area (Å²) >= 11 is 0. The molecule has 3 rings (SSSR count). The van der Waals surface area contributed by atoms with Gasteiger partial charge in [0.25, 0.3) is 0 Å². The van der Waals surface area contributed by atoms with Gasteiger partial charge < -0.3 is 5.32 Å². The second kappa shape index (κ2) is 6.06. The van der Waals surface area contributed by atoms with Crippen LogP contribution < -0.4 is 5.32 Å². The summed E-state index contributed by atoms with van der Waals surface area (Å²) in [5.41, 5.74) is 2.82. The van der Waals surface area contributed by atoms with E-state index in [2.05, 4.69) is 41.4 Å². The Kier molecular flexibility index (Phi) is 4.19. The highest BCUT2D eigenvalue weighted by Gasteiger charge is 2.28. The van der Waals surface area contributed by atoms with Crippen LogP contribution in [0, 0.1) is 12.8 Å². The third-order valence-corrected chi connectivity index (χ3v) is 4.74. The van der Waals surface area contributed by atoms with E-state index in [1.807, 2.05) is 0 Å². The van der Waals surface area contributed by atoms with Gasteiger partial charge in [0.1, 0.15) is 0 Å². The Morgan fingerprint density at radius 1 is 1.16 bits per heavy atom. The summed E-state index contributed by atoms with van der Waals surface area (Å²) in [5.74, 6) is 0.877. The lowest BCUT2D eigenvalue weighted by Crippen LogP contribution is -2.43. The molecule has 19 heavy (non-hydrogen) atoms. The lowest BCUT2D eigenvalue weighted by Gasteiger charge is -2.35. The van der Waals surface area contributed by atoms with Crippen molar-refractivity contribution in [2.75, 3.05) is 19.6 Å². The predicted molar refractivity (Wildman–Crippen MR) is 80.2 cm³/mol. The van der Waals surface area contributed by atoms with Crippen LogP contribution >= 0.6 is 0 Å². The van der Waals surface area contributed by atoms with Gasteiger partial charge in [-0.1, -0.05) is 29.8 Å². The summed E-state index contributed by atoms with van der Waals surface area (Å²) in [6, 6.07) is 9.82. The van der Waals surface area contributed by atoms with Gasteiger partial charge in [-0.15, -0.1) is 0 Å². The summed E-state index contributed by atoms with van der Waals surface area (Å²) in [5, 5.41) is 3.69. The van der Waals surface area contributed by atoms with Gasteiger partial charge >= 0.3 is 0 Å². The molecule has 2 saturated heterocycles. The van der Waals surface area contributed by atoms with Gasteiger partial charge in [-0.05, 0) is 57.2 Å². The van der Waals surface area contributed by atoms with Gasteiger partial charge in [-0.25, -0.2) is 0 Å². The second-order valence-electron chi connectivity index (χ2n) is 6.33. The van der Waals surface area contributed by atoms with Crippen molar-refractivity contribution in [2.24, 2.45) is 5.92 Å². The predicted octanol–water partition coefficient (Wildman–Crippen LogP) is 2.96. The first-order valence-electron chi connectivity index (χ1n) is 7.82. The van der Waals surface area contributed by atoms with Crippen molar-refractivity contribution in [1.82, 2.24) is 10.2 Å². The van der Waals surface area contributed by atoms with Crippen LogP contribution in [0.4, 0.5) is 0 Å². The average Bonchev–Trinajstić information content (AvgIpc) is 2.96. The highest BCUT2D eigenvalue weighted by atomic mass is 15.1. The molecule has 2 aliphatic rings. The van der Waals surface area contributed by atoms with Crippen LogP contribution in [0.25, 0.3) is 0 Å². The molecule has 0 aromatic heterocycles. The first kappa shape index (κ1) is 13.1. The SMILES string of the molecule is Cc1ccc(CN2CCCC(C3CCCN3)C2)cc1. The zero-order chi connectivity index (χ0) is 13.1. The van der Waals surface area contributed by atoms with Gasteiger partial charge in [0.15, 0.2) is 0 Å². The minimum atomic E-state index is 0.792. The van der Waals surface area contributed by atoms with Crippen LogP contribution in [0.5, 0.6) is 0 Å². The molecule has 1 aromatic carbocycles. The first-order valence-corrected chi connectivity index (χ1v) is 7.82. The van der Waals surface area contributed by atoms with Gasteiger partial charge in [0.2, 0.25) is 0 Å². The third kappa shape index (κ3) is 3.37. The zero-order valence-corrected chi connectivity index (χ0v) is 12.1. The summed E-state index contributed by atoms with van der Waals surface area (Å²) in [7, 11) is 0. The van der Waals surface area contributed by atoms with E-state index in [9.17, 15) is 0 Å². The lowest BCUT2D eigenvalue weighted by atomic mass is 9.89. The number of nitrogens with zero attached hydrogens (tertiary/aromatic N) is 1. The molecule has 0 saturated carbocycles. The normalized spacial score (nSPS) is 28.7. The summed E-state index contributed by atoms with van der Waals surface area (Å²) in [6.45, 7) is 7.08. The number of likely N-dealkylation sites (tertiary alicyclic amines) is 1. The number of hydrogen-bond acceptors (Lipinski definition) is 2. The number of nitrogens with one attached hydrogen (secondary N) is 1. The highest BCUT2D eigenvalue weighted by Crippen LogP contribution is 2.25. The Labute approximate surface area is 117 Å². The maximum atomic E-state index is 3.69. The van der Waals surface area contributed by atoms with Gasteiger partial charge in [0, 0.05) is 19.1 Å². The molecule has 0 spiro atoms. The topological polar surface area (TPSA) is 15.3 Å². The maximum absolute atomic E-state index is 3.69. The Morgan fingerprint density at radius 3 is 2.74 bits per heavy atom. The number of hydrogen-bond donors (Lipinski definition) is 1. The molecule has 0 amide bonds. The summed E-state index contributed by atoms with van der Waals surface area (Å²) < 4.78 is 0. The van der Waals surface area contributed by atoms with E-state index in [0.717, 1.165) is 18.5 Å². The Bertz CT molecular complexity index is 392. The van der Waals surface area contributed by atoms with E-state index in [1.165, 1.54) is 56.4 Å². The maximum Gasteiger partial charge on any atom is 0.0233 e. The third-order valence-electron chi connectivity index (χ3n) is 4.74. The standard InChI is InChI=1S/C17H26N2/c1-14-6-8-15(9-7-14)12-19-11-3-4-16(13-19)17-5-2-10-18-17/h6-9,16-18H,2-5,10-13H2,1H3. The van der Waals surface area contributed by atoms with Crippen molar-refractivity contribution in [3.63, 3.8) is 0 Å². The van der Waals surface area contributed by atoms with Crippen molar-refractivity contribution in [2.45, 2.75) is 45.2 Å². The number of rotatable bonds is 3. The van der Waals surface area contributed by atoms with E-state index in [4.69, 9.17) is 0 Å². The second-order valence-corrected chi connectivity index (χ2v) is 6.33. The van der Waals surface area contributed by atoms with Crippen molar-refractivity contribution in [3.8, 4) is 0 Å². The molecule has 2 heterocycles. The molecule has 0 bridgehead atoms. The van der Waals surface area contributed by atoms with Crippen molar-refractivity contribution < 1.29 is 0 Å². The molecular formula is C17H26N2. The van der Waals surface area contributed by atoms with Crippen LogP contribution in [0.2, 0.25) is 0 Å². The van der Waals surface area contributed by atoms with Crippen LogP contribution in [-0.4, -0.2) is 30.6 Å². The summed E-state index contributed by atoms with van der Waals surface area (Å²) in [6.07, 6.45) is 5.55. The van der Waals surface area contributed by atoms with Crippen molar-refractivity contribution >= 4 is 0 Å². The number of aryl methyl sites for hydroxylation is 1. The first-order chi connectivity index (χ1) is 9.31. The Hall–Kier alpha value is -0.860. The fraction of sp³-hybridized carbons (Fsp3) is 0.647. The fourth-order valence-corrected chi connectivity index (χ4v) is 3.63. The fourth-order valence-electron chi connectivity index (χ4n) is 3.63. The van der Waals surface area contributed by atoms with Crippen LogP contribution in [0.15, 0.2) is 24.3 Å². The monoisotopic (exact) mass is 258 g/mol. The minimum Gasteiger partial charge on any atom is -0.314 e. The largest absolute Gasteiger partial charge is 0.314 e. The van der Waals surface area contributed by atoms with E-state index in [0.29, 0.717) is 0 Å². The molecule has 0 aliphatic carbocycles. The van der Waals surface area contributed by atoms with Gasteiger partial charge in [-0.2, -0.15) is 0 Å². The molecule has 1 aromatic rings. The molecule has 2 fully saturated rings. The molecule has 2 atom stereocenters. The highest BCUT2D eigenvalue weighted by molar-refractivity contribution is 5.21. The van der Waals surface area contributed by atoms with E-state index in [1.54, 1.807) is 0 Å². The van der Waals surface area contributed by atoms with Gasteiger partial charge in [-0.3, -0.25) is 4.90 Å². The van der Waals surface area contributed by atoms with Gasteiger partial charge in [0.05, 0.1) is 0 Å². The van der Waals surface area contributed by atoms with Crippen molar-refractivity contribution in [3.05, 3.63) is 35.4 Å². The Morgan fingerprint density at radius 2 is 2.00 bits per heavy atom. The lowest BCUT2D eigenvalue weighted by molar-refractivity contribution is 0.145. The van der Waals surface area contributed by atoms with E-state index < -0.39 is 0 Å². The molecule has 0 radical (unpaired) electrons. The average molecular weight is 258 g/mol. The van der Waals surface area contributed by atoms with Crippen molar-refractivity contribution in [1.29, 1.82) is 0 Å². The van der Waals surface area contributed by atoms with E-state index >= 15 is 0 Å². The Balaban J connectivity index is 1.57. The summed E-state index contributed by atoms with van der Waals surface area (Å²) in [4.78, 5) is 2.65. The molecule has 2 unspecified atom stereocenters. The molecule has 104 valence electrons. The van der Waals surface area contributed by atoms with E-state index in [-0.39, 0.29) is 0 Å². The number of piperidine rings is 1.